The lowest BCUT2D eigenvalue weighted by atomic mass is 9.98. The van der Waals surface area contributed by atoms with Gasteiger partial charge in [0, 0.05) is 18.3 Å². The zero-order valence-corrected chi connectivity index (χ0v) is 16.8. The third-order valence-electron chi connectivity index (χ3n) is 5.20. The molecule has 2 aromatic carbocycles. The number of hydrogen-bond acceptors (Lipinski definition) is 3. The molecular weight excluding hydrogens is 375 g/mol. The van der Waals surface area contributed by atoms with Gasteiger partial charge in [-0.2, -0.15) is 0 Å². The third-order valence-corrected chi connectivity index (χ3v) is 6.86. The highest BCUT2D eigenvalue weighted by Gasteiger charge is 2.35. The van der Waals surface area contributed by atoms with Crippen LogP contribution in [0.15, 0.2) is 59.6 Å². The lowest BCUT2D eigenvalue weighted by Crippen LogP contribution is -2.14. The van der Waals surface area contributed by atoms with Gasteiger partial charge in [0.25, 0.3) is 10.0 Å². The molecule has 146 valence electrons. The molecule has 1 heterocycles. The molecule has 0 amide bonds. The summed E-state index contributed by atoms with van der Waals surface area (Å²) < 4.78 is 42.1. The summed E-state index contributed by atoms with van der Waals surface area (Å²) in [5, 5.41) is 3.15. The molecule has 1 fully saturated rings. The molecule has 0 unspecified atom stereocenters. The van der Waals surface area contributed by atoms with Crippen molar-refractivity contribution in [1.82, 2.24) is 9.29 Å². The van der Waals surface area contributed by atoms with Crippen molar-refractivity contribution in [3.63, 3.8) is 0 Å². The van der Waals surface area contributed by atoms with Gasteiger partial charge in [-0.3, -0.25) is 0 Å². The van der Waals surface area contributed by atoms with Gasteiger partial charge in [0.1, 0.15) is 5.82 Å². The van der Waals surface area contributed by atoms with E-state index in [-0.39, 0.29) is 4.90 Å². The molecule has 1 aromatic heterocycles. The van der Waals surface area contributed by atoms with Gasteiger partial charge in [-0.1, -0.05) is 30.3 Å². The average molecular weight is 399 g/mol. The highest BCUT2D eigenvalue weighted by atomic mass is 32.2. The standard InChI is InChI=1S/C22H23FN2O2S/c1-15-6-3-4-9-20(15)22-21(16-10-11-16)17(13-24-2)14-25(22)28(26,27)19-8-5-7-18(23)12-19/h3-9,12,14,16,24H,10-11,13H2,1-2H3. The van der Waals surface area contributed by atoms with Crippen LogP contribution >= 0.6 is 0 Å². The van der Waals surface area contributed by atoms with Gasteiger partial charge in [-0.15, -0.1) is 0 Å². The number of benzene rings is 2. The number of nitrogens with one attached hydrogen (secondary N) is 1. The van der Waals surface area contributed by atoms with Crippen molar-refractivity contribution in [2.24, 2.45) is 0 Å². The minimum atomic E-state index is -3.93. The van der Waals surface area contributed by atoms with Crippen LogP contribution in [0.1, 0.15) is 35.4 Å². The molecule has 4 nitrogen and oxygen atoms in total. The zero-order chi connectivity index (χ0) is 19.9. The van der Waals surface area contributed by atoms with Crippen LogP contribution in [0.2, 0.25) is 0 Å². The fourth-order valence-corrected chi connectivity index (χ4v) is 5.18. The van der Waals surface area contributed by atoms with Crippen molar-refractivity contribution in [3.05, 3.63) is 77.2 Å². The normalized spacial score (nSPS) is 14.4. The minimum Gasteiger partial charge on any atom is -0.316 e. The molecule has 0 aliphatic heterocycles. The average Bonchev–Trinajstić information content (AvgIpc) is 3.43. The van der Waals surface area contributed by atoms with Gasteiger partial charge in [-0.05, 0) is 67.6 Å². The number of rotatable bonds is 6. The predicted molar refractivity (Wildman–Crippen MR) is 108 cm³/mol. The fraction of sp³-hybridized carbons (Fsp3) is 0.273. The predicted octanol–water partition coefficient (Wildman–Crippen LogP) is 4.44. The Morgan fingerprint density at radius 3 is 2.54 bits per heavy atom. The summed E-state index contributed by atoms with van der Waals surface area (Å²) in [7, 11) is -2.08. The van der Waals surface area contributed by atoms with Crippen LogP contribution in [0.5, 0.6) is 0 Å². The van der Waals surface area contributed by atoms with Gasteiger partial charge in [0.15, 0.2) is 0 Å². The number of aromatic nitrogens is 1. The number of halogens is 1. The molecule has 0 radical (unpaired) electrons. The molecule has 1 N–H and O–H groups in total. The van der Waals surface area contributed by atoms with Gasteiger partial charge < -0.3 is 5.32 Å². The van der Waals surface area contributed by atoms with E-state index in [2.05, 4.69) is 5.32 Å². The van der Waals surface area contributed by atoms with E-state index in [1.165, 1.54) is 22.2 Å². The first-order valence-electron chi connectivity index (χ1n) is 9.39. The molecule has 0 bridgehead atoms. The summed E-state index contributed by atoms with van der Waals surface area (Å²) in [4.78, 5) is -0.0457. The first kappa shape index (κ1) is 18.9. The van der Waals surface area contributed by atoms with Crippen molar-refractivity contribution in [1.29, 1.82) is 0 Å². The van der Waals surface area contributed by atoms with E-state index >= 15 is 0 Å². The van der Waals surface area contributed by atoms with Crippen molar-refractivity contribution < 1.29 is 12.8 Å². The van der Waals surface area contributed by atoms with Crippen LogP contribution in [0.25, 0.3) is 11.3 Å². The maximum Gasteiger partial charge on any atom is 0.268 e. The summed E-state index contributed by atoms with van der Waals surface area (Å²) in [6.45, 7) is 2.56. The van der Waals surface area contributed by atoms with E-state index in [9.17, 15) is 12.8 Å². The van der Waals surface area contributed by atoms with Crippen LogP contribution in [0.3, 0.4) is 0 Å². The second-order valence-electron chi connectivity index (χ2n) is 7.29. The first-order valence-corrected chi connectivity index (χ1v) is 10.8. The van der Waals surface area contributed by atoms with Crippen LogP contribution in [0, 0.1) is 12.7 Å². The Balaban J connectivity index is 2.02. The lowest BCUT2D eigenvalue weighted by molar-refractivity contribution is 0.583. The third kappa shape index (κ3) is 3.27. The van der Waals surface area contributed by atoms with E-state index in [1.54, 1.807) is 6.20 Å². The van der Waals surface area contributed by atoms with Crippen LogP contribution in [-0.4, -0.2) is 19.4 Å². The van der Waals surface area contributed by atoms with Gasteiger partial charge >= 0.3 is 0 Å². The van der Waals surface area contributed by atoms with Crippen molar-refractivity contribution >= 4 is 10.0 Å². The molecule has 0 atom stereocenters. The Bertz CT molecular complexity index is 1130. The van der Waals surface area contributed by atoms with E-state index in [0.29, 0.717) is 18.2 Å². The number of nitrogens with zero attached hydrogens (tertiary/aromatic N) is 1. The Labute approximate surface area is 165 Å². The summed E-state index contributed by atoms with van der Waals surface area (Å²) in [5.41, 5.74) is 4.67. The summed E-state index contributed by atoms with van der Waals surface area (Å²) in [5.74, 6) is -0.203. The van der Waals surface area contributed by atoms with E-state index in [1.807, 2.05) is 38.2 Å². The van der Waals surface area contributed by atoms with E-state index in [4.69, 9.17) is 0 Å². The molecule has 28 heavy (non-hydrogen) atoms. The largest absolute Gasteiger partial charge is 0.316 e. The molecule has 6 heteroatoms. The Morgan fingerprint density at radius 2 is 1.89 bits per heavy atom. The molecule has 1 aliphatic rings. The second-order valence-corrected chi connectivity index (χ2v) is 9.11. The van der Waals surface area contributed by atoms with E-state index < -0.39 is 15.8 Å². The first-order chi connectivity index (χ1) is 13.4. The zero-order valence-electron chi connectivity index (χ0n) is 15.9. The summed E-state index contributed by atoms with van der Waals surface area (Å²) in [6.07, 6.45) is 3.81. The SMILES string of the molecule is CNCc1cn(S(=O)(=O)c2cccc(F)c2)c(-c2ccccc2C)c1C1CC1. The van der Waals surface area contributed by atoms with Gasteiger partial charge in [0.05, 0.1) is 10.6 Å². The maximum absolute atomic E-state index is 13.8. The van der Waals surface area contributed by atoms with Crippen molar-refractivity contribution in [3.8, 4) is 11.3 Å². The molecule has 1 aliphatic carbocycles. The Morgan fingerprint density at radius 1 is 1.14 bits per heavy atom. The Hall–Kier alpha value is -2.44. The van der Waals surface area contributed by atoms with Gasteiger partial charge in [-0.25, -0.2) is 16.8 Å². The molecule has 4 rings (SSSR count). The van der Waals surface area contributed by atoms with E-state index in [0.717, 1.165) is 41.2 Å². The van der Waals surface area contributed by atoms with Crippen molar-refractivity contribution in [2.75, 3.05) is 7.05 Å². The molecule has 0 spiro atoms. The highest BCUT2D eigenvalue weighted by Crippen LogP contribution is 2.48. The molecule has 0 saturated heterocycles. The maximum atomic E-state index is 13.8. The Kier molecular flexibility index (Phi) is 4.85. The quantitative estimate of drug-likeness (QED) is 0.668. The minimum absolute atomic E-state index is 0.0457. The molecule has 3 aromatic rings. The molecule has 1 saturated carbocycles. The monoisotopic (exact) mass is 398 g/mol. The highest BCUT2D eigenvalue weighted by molar-refractivity contribution is 7.90. The van der Waals surface area contributed by atoms with Crippen LogP contribution in [-0.2, 0) is 16.6 Å². The van der Waals surface area contributed by atoms with Crippen LogP contribution < -0.4 is 5.32 Å². The summed E-state index contributed by atoms with van der Waals surface area (Å²) in [6, 6.07) is 13.0. The molecular formula is C22H23FN2O2S. The number of hydrogen-bond donors (Lipinski definition) is 1. The lowest BCUT2D eigenvalue weighted by Gasteiger charge is -2.15. The second kappa shape index (κ2) is 7.18. The summed E-state index contributed by atoms with van der Waals surface area (Å²) >= 11 is 0. The fourth-order valence-electron chi connectivity index (χ4n) is 3.74. The van der Waals surface area contributed by atoms with Crippen molar-refractivity contribution in [2.45, 2.75) is 37.1 Å². The van der Waals surface area contributed by atoms with Gasteiger partial charge in [0.2, 0.25) is 0 Å². The number of aryl methyl sites for hydroxylation is 1. The smallest absolute Gasteiger partial charge is 0.268 e. The van der Waals surface area contributed by atoms with Crippen LogP contribution in [0.4, 0.5) is 4.39 Å². The topological polar surface area (TPSA) is 51.1 Å².